The molecule has 158 valence electrons. The van der Waals surface area contributed by atoms with Crippen LogP contribution in [-0.4, -0.2) is 31.1 Å². The van der Waals surface area contributed by atoms with Crippen LogP contribution >= 0.6 is 0 Å². The molecule has 31 heavy (non-hydrogen) atoms. The highest BCUT2D eigenvalue weighted by Gasteiger charge is 2.15. The zero-order chi connectivity index (χ0) is 22.1. The second kappa shape index (κ2) is 10.7. The number of hydrogen-bond acceptors (Lipinski definition) is 5. The van der Waals surface area contributed by atoms with Crippen LogP contribution in [0.3, 0.4) is 0 Å². The molecule has 3 rings (SSSR count). The molecule has 6 heteroatoms. The molecule has 0 aliphatic heterocycles. The first-order chi connectivity index (χ1) is 15.1. The van der Waals surface area contributed by atoms with Gasteiger partial charge in [-0.05, 0) is 54.8 Å². The zero-order valence-electron chi connectivity index (χ0n) is 17.2. The Hall–Kier alpha value is -3.93. The van der Waals surface area contributed by atoms with Crippen molar-refractivity contribution in [3.63, 3.8) is 0 Å². The van der Waals surface area contributed by atoms with Gasteiger partial charge in [-0.2, -0.15) is 0 Å². The van der Waals surface area contributed by atoms with E-state index in [9.17, 15) is 14.4 Å². The number of carbonyl (C=O) groups is 3. The van der Waals surface area contributed by atoms with Crippen LogP contribution in [0.2, 0.25) is 0 Å². The van der Waals surface area contributed by atoms with Crippen LogP contribution in [-0.2, 0) is 20.7 Å². The van der Waals surface area contributed by atoms with Gasteiger partial charge in [0.1, 0.15) is 0 Å². The third-order valence-electron chi connectivity index (χ3n) is 4.49. The first-order valence-corrected chi connectivity index (χ1v) is 9.93. The number of carbonyl (C=O) groups excluding carboxylic acids is 3. The maximum atomic E-state index is 12.5. The summed E-state index contributed by atoms with van der Waals surface area (Å²) in [5.41, 5.74) is 3.21. The summed E-state index contributed by atoms with van der Waals surface area (Å²) in [7, 11) is 0. The maximum absolute atomic E-state index is 12.5. The molecule has 0 saturated carbocycles. The summed E-state index contributed by atoms with van der Waals surface area (Å²) in [4.78, 5) is 36.4. The van der Waals surface area contributed by atoms with Gasteiger partial charge in [0.15, 0.2) is 6.61 Å². The van der Waals surface area contributed by atoms with E-state index in [0.29, 0.717) is 23.2 Å². The van der Waals surface area contributed by atoms with Gasteiger partial charge in [0.2, 0.25) is 0 Å². The Morgan fingerprint density at radius 1 is 0.774 bits per heavy atom. The van der Waals surface area contributed by atoms with Gasteiger partial charge in [-0.15, -0.1) is 0 Å². The van der Waals surface area contributed by atoms with E-state index in [2.05, 4.69) is 5.32 Å². The Morgan fingerprint density at radius 2 is 1.45 bits per heavy atom. The smallest absolute Gasteiger partial charge is 0.338 e. The van der Waals surface area contributed by atoms with Gasteiger partial charge >= 0.3 is 11.9 Å². The maximum Gasteiger partial charge on any atom is 0.338 e. The molecule has 0 aromatic heterocycles. The Morgan fingerprint density at radius 3 is 2.16 bits per heavy atom. The second-order valence-corrected chi connectivity index (χ2v) is 6.74. The lowest BCUT2D eigenvalue weighted by molar-refractivity contribution is -0.119. The minimum absolute atomic E-state index is 0.289. The van der Waals surface area contributed by atoms with Gasteiger partial charge < -0.3 is 14.8 Å². The van der Waals surface area contributed by atoms with Crippen molar-refractivity contribution in [1.29, 1.82) is 0 Å². The highest BCUT2D eigenvalue weighted by molar-refractivity contribution is 5.96. The molecule has 0 spiro atoms. The quantitative estimate of drug-likeness (QED) is 0.554. The average Bonchev–Trinajstić information content (AvgIpc) is 2.79. The van der Waals surface area contributed by atoms with Crippen molar-refractivity contribution in [2.45, 2.75) is 13.3 Å². The Labute approximate surface area is 180 Å². The highest BCUT2D eigenvalue weighted by Crippen LogP contribution is 2.16. The Kier molecular flexibility index (Phi) is 7.54. The molecular formula is C25H23NO5. The van der Waals surface area contributed by atoms with Crippen molar-refractivity contribution in [2.75, 3.05) is 18.5 Å². The van der Waals surface area contributed by atoms with Crippen LogP contribution in [0.1, 0.15) is 38.8 Å². The molecule has 1 N–H and O–H groups in total. The first-order valence-electron chi connectivity index (χ1n) is 9.93. The molecule has 1 amide bonds. The largest absolute Gasteiger partial charge is 0.462 e. The van der Waals surface area contributed by atoms with Crippen molar-refractivity contribution >= 4 is 23.5 Å². The van der Waals surface area contributed by atoms with Crippen LogP contribution in [0.4, 0.5) is 5.69 Å². The fraction of sp³-hybridized carbons (Fsp3) is 0.160. The number of esters is 2. The van der Waals surface area contributed by atoms with Gasteiger partial charge in [0, 0.05) is 5.69 Å². The topological polar surface area (TPSA) is 81.7 Å². The van der Waals surface area contributed by atoms with Gasteiger partial charge in [0.25, 0.3) is 5.91 Å². The van der Waals surface area contributed by atoms with Gasteiger partial charge in [-0.25, -0.2) is 9.59 Å². The Balaban J connectivity index is 1.56. The summed E-state index contributed by atoms with van der Waals surface area (Å²) in [5, 5.41) is 2.63. The number of hydrogen-bond donors (Lipinski definition) is 1. The Bertz CT molecular complexity index is 1050. The summed E-state index contributed by atoms with van der Waals surface area (Å²) in [5.74, 6) is -1.46. The highest BCUT2D eigenvalue weighted by atomic mass is 16.5. The van der Waals surface area contributed by atoms with E-state index in [1.807, 2.05) is 42.5 Å². The van der Waals surface area contributed by atoms with Crippen molar-refractivity contribution < 1.29 is 23.9 Å². The van der Waals surface area contributed by atoms with E-state index in [1.165, 1.54) is 0 Å². The van der Waals surface area contributed by atoms with Crippen LogP contribution in [0, 0.1) is 0 Å². The van der Waals surface area contributed by atoms with Crippen LogP contribution in [0.25, 0.3) is 0 Å². The number of benzene rings is 3. The van der Waals surface area contributed by atoms with Crippen molar-refractivity contribution in [3.8, 4) is 0 Å². The van der Waals surface area contributed by atoms with Crippen molar-refractivity contribution in [3.05, 3.63) is 101 Å². The molecule has 0 bridgehead atoms. The molecular weight excluding hydrogens is 394 g/mol. The fourth-order valence-corrected chi connectivity index (χ4v) is 3.00. The van der Waals surface area contributed by atoms with Crippen LogP contribution < -0.4 is 5.32 Å². The number of amides is 1. The fourth-order valence-electron chi connectivity index (χ4n) is 3.00. The normalized spacial score (nSPS) is 10.2. The number of ether oxygens (including phenoxy) is 2. The van der Waals surface area contributed by atoms with Gasteiger partial charge in [-0.3, -0.25) is 4.79 Å². The summed E-state index contributed by atoms with van der Waals surface area (Å²) in [6.07, 6.45) is 0.588. The summed E-state index contributed by atoms with van der Waals surface area (Å²) in [6, 6.07) is 23.3. The molecule has 0 atom stereocenters. The van der Waals surface area contributed by atoms with Gasteiger partial charge in [-0.1, -0.05) is 48.5 Å². The molecule has 3 aromatic rings. The van der Waals surface area contributed by atoms with E-state index >= 15 is 0 Å². The predicted molar refractivity (Wildman–Crippen MR) is 117 cm³/mol. The molecule has 0 aliphatic carbocycles. The van der Waals surface area contributed by atoms with E-state index in [4.69, 9.17) is 9.47 Å². The molecule has 0 heterocycles. The van der Waals surface area contributed by atoms with Crippen molar-refractivity contribution in [1.82, 2.24) is 0 Å². The minimum Gasteiger partial charge on any atom is -0.462 e. The molecule has 0 unspecified atom stereocenters. The van der Waals surface area contributed by atoms with E-state index in [0.717, 1.165) is 11.1 Å². The predicted octanol–water partition coefficient (Wildman–Crippen LogP) is 4.25. The molecule has 6 nitrogen and oxygen atoms in total. The zero-order valence-corrected chi connectivity index (χ0v) is 17.2. The van der Waals surface area contributed by atoms with Gasteiger partial charge in [0.05, 0.1) is 17.7 Å². The molecule has 0 saturated heterocycles. The number of anilines is 1. The SMILES string of the molecule is CCOC(=O)c1ccc(NC(=O)COC(=O)c2ccccc2Cc2ccccc2)cc1. The summed E-state index contributed by atoms with van der Waals surface area (Å²) < 4.78 is 10.1. The van der Waals surface area contributed by atoms with Crippen LogP contribution in [0.5, 0.6) is 0 Å². The third-order valence-corrected chi connectivity index (χ3v) is 4.49. The second-order valence-electron chi connectivity index (χ2n) is 6.74. The summed E-state index contributed by atoms with van der Waals surface area (Å²) in [6.45, 7) is 1.60. The molecule has 0 aliphatic rings. The van der Waals surface area contributed by atoms with E-state index < -0.39 is 24.5 Å². The molecule has 0 radical (unpaired) electrons. The lowest BCUT2D eigenvalue weighted by atomic mass is 10.00. The molecule has 0 fully saturated rings. The lowest BCUT2D eigenvalue weighted by Crippen LogP contribution is -2.21. The van der Waals surface area contributed by atoms with E-state index in [1.54, 1.807) is 43.3 Å². The lowest BCUT2D eigenvalue weighted by Gasteiger charge is -2.10. The third kappa shape index (κ3) is 6.27. The van der Waals surface area contributed by atoms with E-state index in [-0.39, 0.29) is 6.61 Å². The molecule has 3 aromatic carbocycles. The number of nitrogens with one attached hydrogen (secondary N) is 1. The van der Waals surface area contributed by atoms with Crippen LogP contribution in [0.15, 0.2) is 78.9 Å². The standard InChI is InChI=1S/C25H23NO5/c1-2-30-24(28)19-12-14-21(15-13-19)26-23(27)17-31-25(29)22-11-7-6-10-20(22)16-18-8-4-3-5-9-18/h3-15H,2,16-17H2,1H3,(H,26,27). The minimum atomic E-state index is -0.556. The summed E-state index contributed by atoms with van der Waals surface area (Å²) >= 11 is 0. The first kappa shape index (κ1) is 21.8. The monoisotopic (exact) mass is 417 g/mol. The number of rotatable bonds is 8. The van der Waals surface area contributed by atoms with Crippen molar-refractivity contribution in [2.24, 2.45) is 0 Å². The average molecular weight is 417 g/mol.